The number of methoxy groups -OCH3 is 1. The summed E-state index contributed by atoms with van der Waals surface area (Å²) >= 11 is 0. The number of hydrogen-bond donors (Lipinski definition) is 0. The molecule has 2 atom stereocenters. The van der Waals surface area contributed by atoms with Gasteiger partial charge in [0, 0.05) is 12.4 Å². The van der Waals surface area contributed by atoms with Crippen molar-refractivity contribution in [3.8, 4) is 5.75 Å². The Kier molecular flexibility index (Phi) is 6.35. The average molecular weight is 433 g/mol. The molecule has 2 aromatic carbocycles. The van der Waals surface area contributed by atoms with E-state index in [9.17, 15) is 4.79 Å². The molecule has 2 unspecified atom stereocenters. The monoisotopic (exact) mass is 432 g/mol. The van der Waals surface area contributed by atoms with Gasteiger partial charge in [-0.3, -0.25) is 9.48 Å². The zero-order valence-electron chi connectivity index (χ0n) is 19.4. The van der Waals surface area contributed by atoms with Gasteiger partial charge in [0.2, 0.25) is 0 Å². The third-order valence-corrected chi connectivity index (χ3v) is 6.68. The molecule has 0 bridgehead atoms. The summed E-state index contributed by atoms with van der Waals surface area (Å²) in [4.78, 5) is 11.9. The number of nitrogens with zero attached hydrogens (tertiary/aromatic N) is 2. The fourth-order valence-electron chi connectivity index (χ4n) is 4.62. The smallest absolute Gasteiger partial charge is 0.308 e. The Morgan fingerprint density at radius 2 is 2.00 bits per heavy atom. The molecule has 3 aromatic rings. The fraction of sp³-hybridized carbons (Fsp3) is 0.407. The van der Waals surface area contributed by atoms with E-state index in [1.165, 1.54) is 36.6 Å². The third-order valence-electron chi connectivity index (χ3n) is 6.68. The number of benzene rings is 2. The number of fused-ring (bicyclic) bond motifs is 1. The lowest BCUT2D eigenvalue weighted by Gasteiger charge is -2.36. The molecule has 32 heavy (non-hydrogen) atoms. The Balaban J connectivity index is 1.46. The summed E-state index contributed by atoms with van der Waals surface area (Å²) in [5, 5.41) is 4.31. The highest BCUT2D eigenvalue weighted by Crippen LogP contribution is 2.42. The molecule has 0 aliphatic heterocycles. The van der Waals surface area contributed by atoms with E-state index < -0.39 is 0 Å². The SMILES string of the molecule is COC(=O)CC(c1ccc(OCc2ccc3c(c2)C(C)CCC3(C)C)cc1)n1cccn1. The van der Waals surface area contributed by atoms with E-state index in [4.69, 9.17) is 9.47 Å². The molecule has 5 nitrogen and oxygen atoms in total. The number of ether oxygens (including phenoxy) is 2. The van der Waals surface area contributed by atoms with Gasteiger partial charge in [-0.05, 0) is 64.6 Å². The highest BCUT2D eigenvalue weighted by molar-refractivity contribution is 5.70. The molecule has 0 spiro atoms. The minimum atomic E-state index is -0.268. The maximum absolute atomic E-state index is 11.9. The summed E-state index contributed by atoms with van der Waals surface area (Å²) in [7, 11) is 1.40. The predicted molar refractivity (Wildman–Crippen MR) is 125 cm³/mol. The lowest BCUT2D eigenvalue weighted by Crippen LogP contribution is -2.25. The molecule has 0 fully saturated rings. The van der Waals surface area contributed by atoms with Gasteiger partial charge in [-0.25, -0.2) is 0 Å². The van der Waals surface area contributed by atoms with Gasteiger partial charge in [-0.1, -0.05) is 51.1 Å². The van der Waals surface area contributed by atoms with Crippen molar-refractivity contribution in [1.29, 1.82) is 0 Å². The number of carbonyl (C=O) groups excluding carboxylic acids is 1. The van der Waals surface area contributed by atoms with E-state index in [1.54, 1.807) is 10.9 Å². The van der Waals surface area contributed by atoms with Crippen molar-refractivity contribution in [3.63, 3.8) is 0 Å². The largest absolute Gasteiger partial charge is 0.489 e. The highest BCUT2D eigenvalue weighted by Gasteiger charge is 2.30. The van der Waals surface area contributed by atoms with E-state index in [0.717, 1.165) is 11.3 Å². The number of esters is 1. The second kappa shape index (κ2) is 9.19. The van der Waals surface area contributed by atoms with Crippen molar-refractivity contribution < 1.29 is 14.3 Å². The highest BCUT2D eigenvalue weighted by atomic mass is 16.5. The van der Waals surface area contributed by atoms with Crippen LogP contribution in [0.3, 0.4) is 0 Å². The molecule has 0 saturated carbocycles. The van der Waals surface area contributed by atoms with Gasteiger partial charge < -0.3 is 9.47 Å². The minimum Gasteiger partial charge on any atom is -0.489 e. The number of rotatable bonds is 7. The average Bonchev–Trinajstić information content (AvgIpc) is 3.33. The number of aromatic nitrogens is 2. The van der Waals surface area contributed by atoms with Crippen LogP contribution in [0.1, 0.15) is 74.2 Å². The first-order valence-corrected chi connectivity index (χ1v) is 11.3. The molecule has 1 aliphatic carbocycles. The first-order valence-electron chi connectivity index (χ1n) is 11.3. The lowest BCUT2D eigenvalue weighted by atomic mass is 9.69. The quantitative estimate of drug-likeness (QED) is 0.444. The van der Waals surface area contributed by atoms with Crippen molar-refractivity contribution in [1.82, 2.24) is 9.78 Å². The van der Waals surface area contributed by atoms with Crippen LogP contribution in [0.25, 0.3) is 0 Å². The summed E-state index contributed by atoms with van der Waals surface area (Å²) in [5.74, 6) is 1.12. The van der Waals surface area contributed by atoms with E-state index in [1.807, 2.05) is 36.5 Å². The molecular weight excluding hydrogens is 400 g/mol. The molecule has 0 radical (unpaired) electrons. The summed E-state index contributed by atoms with van der Waals surface area (Å²) in [5.41, 5.74) is 5.35. The topological polar surface area (TPSA) is 53.4 Å². The summed E-state index contributed by atoms with van der Waals surface area (Å²) in [6, 6.07) is 16.3. The standard InChI is InChI=1S/C27H32N2O3/c1-19-12-13-27(2,3)24-11-6-20(16-23(19)24)18-32-22-9-7-21(8-10-22)25(17-26(30)31-4)29-15-5-14-28-29/h5-11,14-16,19,25H,12-13,17-18H2,1-4H3. The van der Waals surface area contributed by atoms with Gasteiger partial charge in [-0.15, -0.1) is 0 Å². The van der Waals surface area contributed by atoms with Crippen LogP contribution in [-0.2, 0) is 21.6 Å². The number of hydrogen-bond acceptors (Lipinski definition) is 4. The van der Waals surface area contributed by atoms with Crippen LogP contribution in [-0.4, -0.2) is 22.9 Å². The first kappa shape index (κ1) is 22.1. The van der Waals surface area contributed by atoms with Crippen LogP contribution in [0.5, 0.6) is 5.75 Å². The molecule has 0 amide bonds. The van der Waals surface area contributed by atoms with Gasteiger partial charge in [0.05, 0.1) is 19.6 Å². The summed E-state index contributed by atoms with van der Waals surface area (Å²) < 4.78 is 12.7. The molecular formula is C27H32N2O3. The Hall–Kier alpha value is -3.08. The van der Waals surface area contributed by atoms with Gasteiger partial charge in [0.15, 0.2) is 0 Å². The second-order valence-corrected chi connectivity index (χ2v) is 9.39. The molecule has 0 N–H and O–H groups in total. The van der Waals surface area contributed by atoms with Crippen molar-refractivity contribution in [2.24, 2.45) is 0 Å². The first-order chi connectivity index (χ1) is 15.4. The van der Waals surface area contributed by atoms with Gasteiger partial charge in [0.1, 0.15) is 12.4 Å². The van der Waals surface area contributed by atoms with Gasteiger partial charge >= 0.3 is 5.97 Å². The molecule has 1 aromatic heterocycles. The minimum absolute atomic E-state index is 0.211. The van der Waals surface area contributed by atoms with E-state index >= 15 is 0 Å². The number of carbonyl (C=O) groups is 1. The Morgan fingerprint density at radius 3 is 2.69 bits per heavy atom. The van der Waals surface area contributed by atoms with Crippen LogP contribution >= 0.6 is 0 Å². The van der Waals surface area contributed by atoms with E-state index in [0.29, 0.717) is 12.5 Å². The Labute approximate surface area is 190 Å². The molecule has 1 heterocycles. The van der Waals surface area contributed by atoms with Crippen LogP contribution < -0.4 is 4.74 Å². The van der Waals surface area contributed by atoms with Crippen LogP contribution in [0.2, 0.25) is 0 Å². The molecule has 1 aliphatic rings. The lowest BCUT2D eigenvalue weighted by molar-refractivity contribution is -0.141. The van der Waals surface area contributed by atoms with Crippen molar-refractivity contribution in [2.45, 2.75) is 64.0 Å². The molecule has 168 valence electrons. The Bertz CT molecular complexity index is 1060. The summed E-state index contributed by atoms with van der Waals surface area (Å²) in [6.45, 7) is 7.53. The van der Waals surface area contributed by atoms with Crippen LogP contribution in [0, 0.1) is 0 Å². The van der Waals surface area contributed by atoms with Crippen LogP contribution in [0.15, 0.2) is 60.9 Å². The van der Waals surface area contributed by atoms with Crippen molar-refractivity contribution in [2.75, 3.05) is 7.11 Å². The zero-order chi connectivity index (χ0) is 22.7. The summed E-state index contributed by atoms with van der Waals surface area (Å²) in [6.07, 6.45) is 6.26. The van der Waals surface area contributed by atoms with Gasteiger partial charge in [-0.2, -0.15) is 5.10 Å². The van der Waals surface area contributed by atoms with Crippen molar-refractivity contribution in [3.05, 3.63) is 83.2 Å². The van der Waals surface area contributed by atoms with E-state index in [-0.39, 0.29) is 23.8 Å². The molecule has 4 rings (SSSR count). The fourth-order valence-corrected chi connectivity index (χ4v) is 4.62. The van der Waals surface area contributed by atoms with E-state index in [2.05, 4.69) is 44.1 Å². The van der Waals surface area contributed by atoms with Crippen molar-refractivity contribution >= 4 is 5.97 Å². The van der Waals surface area contributed by atoms with Gasteiger partial charge in [0.25, 0.3) is 0 Å². The zero-order valence-corrected chi connectivity index (χ0v) is 19.4. The molecule has 0 saturated heterocycles. The third kappa shape index (κ3) is 4.72. The maximum Gasteiger partial charge on any atom is 0.308 e. The molecule has 5 heteroatoms. The normalized spacial score (nSPS) is 17.9. The maximum atomic E-state index is 11.9. The predicted octanol–water partition coefficient (Wildman–Crippen LogP) is 5.79. The second-order valence-electron chi connectivity index (χ2n) is 9.39. The van der Waals surface area contributed by atoms with Crippen LogP contribution in [0.4, 0.5) is 0 Å². The Morgan fingerprint density at radius 1 is 1.22 bits per heavy atom.